The number of carboxylic acid groups (broad SMARTS) is 1. The van der Waals surface area contributed by atoms with Crippen LogP contribution in [0.15, 0.2) is 30.3 Å². The number of aromatic amines is 1. The molecule has 0 radical (unpaired) electrons. The third kappa shape index (κ3) is 1.75. The Morgan fingerprint density at radius 3 is 2.74 bits per heavy atom. The Hall–Kier alpha value is -2.40. The summed E-state index contributed by atoms with van der Waals surface area (Å²) in [6, 6.07) is 9.12. The predicted molar refractivity (Wildman–Crippen MR) is 71.2 cm³/mol. The second-order valence-corrected chi connectivity index (χ2v) is 4.47. The number of pyridine rings is 1. The molecule has 3 rings (SSSR count). The van der Waals surface area contributed by atoms with E-state index < -0.39 is 12.1 Å². The number of aliphatic hydroxyl groups excluding tert-OH is 1. The Morgan fingerprint density at radius 1 is 1.32 bits per heavy atom. The molecule has 2 heterocycles. The van der Waals surface area contributed by atoms with Gasteiger partial charge in [-0.15, -0.1) is 0 Å². The fourth-order valence-electron chi connectivity index (χ4n) is 2.28. The lowest BCUT2D eigenvalue weighted by atomic mass is 10.1. The van der Waals surface area contributed by atoms with Crippen LogP contribution < -0.4 is 0 Å². The quantitative estimate of drug-likeness (QED) is 0.657. The lowest BCUT2D eigenvalue weighted by Gasteiger charge is -2.06. The zero-order valence-corrected chi connectivity index (χ0v) is 10.2. The summed E-state index contributed by atoms with van der Waals surface area (Å²) in [6.07, 6.45) is -0.838. The highest BCUT2D eigenvalue weighted by Gasteiger charge is 2.17. The summed E-state index contributed by atoms with van der Waals surface area (Å²) in [5, 5.41) is 20.6. The minimum Gasteiger partial charge on any atom is -0.477 e. The Kier molecular flexibility index (Phi) is 2.50. The van der Waals surface area contributed by atoms with E-state index in [0.29, 0.717) is 11.2 Å². The van der Waals surface area contributed by atoms with Crippen LogP contribution in [0.2, 0.25) is 0 Å². The van der Waals surface area contributed by atoms with Crippen molar-refractivity contribution in [2.75, 3.05) is 0 Å². The molecule has 3 aromatic rings. The number of fused-ring (bicyclic) bond motifs is 3. The van der Waals surface area contributed by atoms with E-state index in [-0.39, 0.29) is 5.69 Å². The summed E-state index contributed by atoms with van der Waals surface area (Å²) in [6.45, 7) is 1.57. The summed E-state index contributed by atoms with van der Waals surface area (Å²) < 4.78 is 0. The molecule has 0 aliphatic rings. The summed E-state index contributed by atoms with van der Waals surface area (Å²) in [5.74, 6) is -1.10. The van der Waals surface area contributed by atoms with Gasteiger partial charge in [-0.3, -0.25) is 0 Å². The zero-order chi connectivity index (χ0) is 13.6. The van der Waals surface area contributed by atoms with Crippen molar-refractivity contribution in [3.05, 3.63) is 41.7 Å². The number of nitrogens with zero attached hydrogens (tertiary/aromatic N) is 1. The highest BCUT2D eigenvalue weighted by atomic mass is 16.4. The minimum atomic E-state index is -1.10. The molecular weight excluding hydrogens is 244 g/mol. The van der Waals surface area contributed by atoms with Crippen LogP contribution in [0.5, 0.6) is 0 Å². The van der Waals surface area contributed by atoms with Crippen LogP contribution >= 0.6 is 0 Å². The number of hydrogen-bond acceptors (Lipinski definition) is 3. The van der Waals surface area contributed by atoms with Crippen LogP contribution in [-0.2, 0) is 0 Å². The lowest BCUT2D eigenvalue weighted by molar-refractivity contribution is 0.0690. The number of rotatable bonds is 2. The maximum Gasteiger partial charge on any atom is 0.354 e. The van der Waals surface area contributed by atoms with Crippen LogP contribution in [0, 0.1) is 0 Å². The number of aliphatic hydroxyl groups is 1. The number of H-pyrrole nitrogens is 1. The van der Waals surface area contributed by atoms with Gasteiger partial charge in [-0.25, -0.2) is 9.78 Å². The molecule has 2 aromatic heterocycles. The molecule has 1 aromatic carbocycles. The van der Waals surface area contributed by atoms with E-state index in [4.69, 9.17) is 5.11 Å². The van der Waals surface area contributed by atoms with E-state index in [2.05, 4.69) is 9.97 Å². The fourth-order valence-corrected chi connectivity index (χ4v) is 2.28. The second kappa shape index (κ2) is 4.07. The highest BCUT2D eigenvalue weighted by Crippen LogP contribution is 2.30. The van der Waals surface area contributed by atoms with E-state index in [9.17, 15) is 9.90 Å². The molecule has 0 bridgehead atoms. The molecule has 0 unspecified atom stereocenters. The van der Waals surface area contributed by atoms with E-state index >= 15 is 0 Å². The third-order valence-corrected chi connectivity index (χ3v) is 3.14. The molecule has 0 amide bonds. The molecule has 0 aliphatic heterocycles. The molecule has 5 nitrogen and oxygen atoms in total. The maximum atomic E-state index is 11.1. The number of aromatic nitrogens is 2. The molecule has 1 atom stereocenters. The number of carbonyl (C=O) groups is 1. The minimum absolute atomic E-state index is 0.0619. The summed E-state index contributed by atoms with van der Waals surface area (Å²) in [4.78, 5) is 18.3. The lowest BCUT2D eigenvalue weighted by Crippen LogP contribution is -2.05. The van der Waals surface area contributed by atoms with Crippen LogP contribution in [-0.4, -0.2) is 26.2 Å². The van der Waals surface area contributed by atoms with Gasteiger partial charge in [0, 0.05) is 16.3 Å². The molecule has 0 saturated heterocycles. The SMILES string of the molecule is C[C@H](O)c1nc(C(=O)O)cc2c1[nH]c1ccccc12. The van der Waals surface area contributed by atoms with Crippen LogP contribution in [0.1, 0.15) is 29.2 Å². The van der Waals surface area contributed by atoms with Crippen molar-refractivity contribution >= 4 is 27.8 Å². The largest absolute Gasteiger partial charge is 0.477 e. The number of nitrogens with one attached hydrogen (secondary N) is 1. The van der Waals surface area contributed by atoms with E-state index in [0.717, 1.165) is 16.3 Å². The summed E-state index contributed by atoms with van der Waals surface area (Å²) in [5.41, 5.74) is 1.86. The van der Waals surface area contributed by atoms with Gasteiger partial charge in [0.15, 0.2) is 0 Å². The van der Waals surface area contributed by atoms with Gasteiger partial charge >= 0.3 is 5.97 Å². The molecule has 96 valence electrons. The van der Waals surface area contributed by atoms with Gasteiger partial charge < -0.3 is 15.2 Å². The molecular formula is C14H12N2O3. The first-order chi connectivity index (χ1) is 9.08. The Labute approximate surface area is 108 Å². The number of carboxylic acids is 1. The average molecular weight is 256 g/mol. The number of para-hydroxylation sites is 1. The van der Waals surface area contributed by atoms with Crippen molar-refractivity contribution in [1.82, 2.24) is 9.97 Å². The smallest absolute Gasteiger partial charge is 0.354 e. The zero-order valence-electron chi connectivity index (χ0n) is 10.2. The van der Waals surface area contributed by atoms with Crippen molar-refractivity contribution < 1.29 is 15.0 Å². The number of hydrogen-bond donors (Lipinski definition) is 3. The van der Waals surface area contributed by atoms with E-state index in [1.807, 2.05) is 24.3 Å². The summed E-state index contributed by atoms with van der Waals surface area (Å²) in [7, 11) is 0. The Balaban J connectivity index is 2.48. The fraction of sp³-hybridized carbons (Fsp3) is 0.143. The molecule has 3 N–H and O–H groups in total. The van der Waals surface area contributed by atoms with Crippen molar-refractivity contribution in [3.63, 3.8) is 0 Å². The van der Waals surface area contributed by atoms with E-state index in [1.165, 1.54) is 6.07 Å². The van der Waals surface area contributed by atoms with Gasteiger partial charge in [0.2, 0.25) is 0 Å². The number of benzene rings is 1. The van der Waals surface area contributed by atoms with Crippen molar-refractivity contribution in [1.29, 1.82) is 0 Å². The predicted octanol–water partition coefficient (Wildman–Crippen LogP) is 2.47. The van der Waals surface area contributed by atoms with Crippen LogP contribution in [0.3, 0.4) is 0 Å². The first kappa shape index (κ1) is 11.7. The molecule has 0 fully saturated rings. The molecule has 0 aliphatic carbocycles. The normalized spacial score (nSPS) is 12.9. The molecule has 5 heteroatoms. The number of aromatic carboxylic acids is 1. The van der Waals surface area contributed by atoms with Gasteiger partial charge in [-0.05, 0) is 19.1 Å². The van der Waals surface area contributed by atoms with E-state index in [1.54, 1.807) is 6.92 Å². The third-order valence-electron chi connectivity index (χ3n) is 3.14. The molecule has 0 spiro atoms. The van der Waals surface area contributed by atoms with Crippen molar-refractivity contribution in [2.45, 2.75) is 13.0 Å². The van der Waals surface area contributed by atoms with Gasteiger partial charge in [0.05, 0.1) is 17.3 Å². The second-order valence-electron chi connectivity index (χ2n) is 4.47. The van der Waals surface area contributed by atoms with Crippen molar-refractivity contribution in [2.24, 2.45) is 0 Å². The monoisotopic (exact) mass is 256 g/mol. The van der Waals surface area contributed by atoms with Gasteiger partial charge in [-0.1, -0.05) is 18.2 Å². The van der Waals surface area contributed by atoms with Crippen LogP contribution in [0.25, 0.3) is 21.8 Å². The average Bonchev–Trinajstić information content (AvgIpc) is 2.75. The topological polar surface area (TPSA) is 86.2 Å². The van der Waals surface area contributed by atoms with Crippen molar-refractivity contribution in [3.8, 4) is 0 Å². The Morgan fingerprint density at radius 2 is 2.05 bits per heavy atom. The van der Waals surface area contributed by atoms with Gasteiger partial charge in [-0.2, -0.15) is 0 Å². The standard InChI is InChI=1S/C14H12N2O3/c1-7(17)12-13-9(6-11(16-12)14(18)19)8-4-2-3-5-10(8)15-13/h2-7,15,17H,1H3,(H,18,19)/t7-/m0/s1. The van der Waals surface area contributed by atoms with Gasteiger partial charge in [0.25, 0.3) is 0 Å². The van der Waals surface area contributed by atoms with Gasteiger partial charge in [0.1, 0.15) is 5.69 Å². The highest BCUT2D eigenvalue weighted by molar-refractivity contribution is 6.09. The summed E-state index contributed by atoms with van der Waals surface area (Å²) >= 11 is 0. The molecule has 19 heavy (non-hydrogen) atoms. The molecule has 0 saturated carbocycles. The maximum absolute atomic E-state index is 11.1. The van der Waals surface area contributed by atoms with Crippen LogP contribution in [0.4, 0.5) is 0 Å². The first-order valence-electron chi connectivity index (χ1n) is 5.90. The first-order valence-corrected chi connectivity index (χ1v) is 5.90. The Bertz CT molecular complexity index is 790.